The average molecular weight is 315 g/mol. The van der Waals surface area contributed by atoms with Crippen LogP contribution in [0.5, 0.6) is 0 Å². The fourth-order valence-electron chi connectivity index (χ4n) is 2.33. The van der Waals surface area contributed by atoms with Crippen LogP contribution in [-0.4, -0.2) is 26.8 Å². The Balaban J connectivity index is 2.15. The third-order valence-electron chi connectivity index (χ3n) is 3.73. The number of benzene rings is 1. The summed E-state index contributed by atoms with van der Waals surface area (Å²) in [4.78, 5) is 23.5. The van der Waals surface area contributed by atoms with E-state index in [-0.39, 0.29) is 17.3 Å². The van der Waals surface area contributed by atoms with Gasteiger partial charge in [-0.05, 0) is 24.0 Å². The van der Waals surface area contributed by atoms with Gasteiger partial charge in [-0.1, -0.05) is 38.1 Å². The van der Waals surface area contributed by atoms with Crippen molar-refractivity contribution in [3.63, 3.8) is 0 Å². The largest absolute Gasteiger partial charge is 0.478 e. The standard InChI is InChI=1S/C17H21N3O3/c1-10(2)12-5-7-13(8-6-12)11(3)18-16(21)15-14(17(22)23)9-20(4)19-15/h5-11H,1-4H3,(H,18,21)(H,22,23)/t11-/m1/s1. The monoisotopic (exact) mass is 315 g/mol. The molecule has 122 valence electrons. The lowest BCUT2D eigenvalue weighted by Crippen LogP contribution is -2.28. The van der Waals surface area contributed by atoms with Crippen molar-refractivity contribution in [2.24, 2.45) is 7.05 Å². The van der Waals surface area contributed by atoms with Crippen molar-refractivity contribution < 1.29 is 14.7 Å². The second-order valence-corrected chi connectivity index (χ2v) is 5.89. The summed E-state index contributed by atoms with van der Waals surface area (Å²) in [5.41, 5.74) is 2.00. The molecule has 6 heteroatoms. The van der Waals surface area contributed by atoms with Gasteiger partial charge in [-0.25, -0.2) is 4.79 Å². The Morgan fingerprint density at radius 2 is 1.70 bits per heavy atom. The van der Waals surface area contributed by atoms with Gasteiger partial charge in [0.25, 0.3) is 5.91 Å². The van der Waals surface area contributed by atoms with E-state index in [1.165, 1.54) is 16.4 Å². The number of rotatable bonds is 5. The third-order valence-corrected chi connectivity index (χ3v) is 3.73. The molecule has 1 atom stereocenters. The van der Waals surface area contributed by atoms with Gasteiger partial charge >= 0.3 is 5.97 Å². The first kappa shape index (κ1) is 16.7. The van der Waals surface area contributed by atoms with Crippen molar-refractivity contribution in [2.45, 2.75) is 32.7 Å². The van der Waals surface area contributed by atoms with Crippen LogP contribution in [0.3, 0.4) is 0 Å². The minimum Gasteiger partial charge on any atom is -0.478 e. The molecule has 0 radical (unpaired) electrons. The zero-order chi connectivity index (χ0) is 17.1. The van der Waals surface area contributed by atoms with Gasteiger partial charge in [0.15, 0.2) is 5.69 Å². The predicted octanol–water partition coefficient (Wildman–Crippen LogP) is 2.73. The lowest BCUT2D eigenvalue weighted by molar-refractivity contribution is 0.0690. The molecular formula is C17H21N3O3. The summed E-state index contributed by atoms with van der Waals surface area (Å²) in [5, 5.41) is 15.9. The molecule has 1 aromatic carbocycles. The van der Waals surface area contributed by atoms with E-state index in [0.29, 0.717) is 5.92 Å². The van der Waals surface area contributed by atoms with Crippen LogP contribution in [-0.2, 0) is 7.05 Å². The van der Waals surface area contributed by atoms with Crippen LogP contribution in [0.1, 0.15) is 64.7 Å². The lowest BCUT2D eigenvalue weighted by Gasteiger charge is -2.15. The smallest absolute Gasteiger partial charge is 0.339 e. The Morgan fingerprint density at radius 1 is 1.13 bits per heavy atom. The number of aromatic nitrogens is 2. The zero-order valence-electron chi connectivity index (χ0n) is 13.7. The molecule has 23 heavy (non-hydrogen) atoms. The fourth-order valence-corrected chi connectivity index (χ4v) is 2.33. The van der Waals surface area contributed by atoms with E-state index in [0.717, 1.165) is 5.56 Å². The first-order chi connectivity index (χ1) is 10.8. The minimum atomic E-state index is -1.17. The number of aryl methyl sites for hydroxylation is 1. The van der Waals surface area contributed by atoms with E-state index in [1.807, 2.05) is 31.2 Å². The molecule has 2 rings (SSSR count). The molecule has 0 bridgehead atoms. The summed E-state index contributed by atoms with van der Waals surface area (Å²) >= 11 is 0. The van der Waals surface area contributed by atoms with Crippen LogP contribution in [0, 0.1) is 0 Å². The van der Waals surface area contributed by atoms with E-state index in [9.17, 15) is 9.59 Å². The first-order valence-electron chi connectivity index (χ1n) is 7.47. The number of nitrogens with zero attached hydrogens (tertiary/aromatic N) is 2. The van der Waals surface area contributed by atoms with Crippen LogP contribution in [0.25, 0.3) is 0 Å². The normalized spacial score (nSPS) is 12.2. The second-order valence-electron chi connectivity index (χ2n) is 5.89. The molecule has 2 N–H and O–H groups in total. The van der Waals surface area contributed by atoms with E-state index in [2.05, 4.69) is 24.3 Å². The van der Waals surface area contributed by atoms with Crippen molar-refractivity contribution in [1.82, 2.24) is 15.1 Å². The number of amides is 1. The number of aromatic carboxylic acids is 1. The molecule has 2 aromatic rings. The number of carboxylic acids is 1. The molecule has 1 aromatic heterocycles. The van der Waals surface area contributed by atoms with Crippen LogP contribution >= 0.6 is 0 Å². The predicted molar refractivity (Wildman–Crippen MR) is 86.6 cm³/mol. The molecule has 0 aliphatic carbocycles. The van der Waals surface area contributed by atoms with Gasteiger partial charge in [-0.3, -0.25) is 9.48 Å². The molecule has 0 spiro atoms. The van der Waals surface area contributed by atoms with Gasteiger partial charge in [0.2, 0.25) is 0 Å². The van der Waals surface area contributed by atoms with E-state index < -0.39 is 11.9 Å². The van der Waals surface area contributed by atoms with Crippen molar-refractivity contribution >= 4 is 11.9 Å². The van der Waals surface area contributed by atoms with Crippen LogP contribution < -0.4 is 5.32 Å². The molecule has 0 aliphatic rings. The fraction of sp³-hybridized carbons (Fsp3) is 0.353. The SMILES string of the molecule is CC(C)c1ccc([C@@H](C)NC(=O)c2nn(C)cc2C(=O)O)cc1. The van der Waals surface area contributed by atoms with Crippen LogP contribution in [0.2, 0.25) is 0 Å². The molecule has 0 saturated carbocycles. The van der Waals surface area contributed by atoms with Gasteiger partial charge in [0.1, 0.15) is 5.56 Å². The quantitative estimate of drug-likeness (QED) is 0.888. The van der Waals surface area contributed by atoms with Gasteiger partial charge in [0, 0.05) is 13.2 Å². The maximum atomic E-state index is 12.3. The van der Waals surface area contributed by atoms with Crippen LogP contribution in [0.4, 0.5) is 0 Å². The number of carbonyl (C=O) groups excluding carboxylic acids is 1. The summed E-state index contributed by atoms with van der Waals surface area (Å²) in [5.74, 6) is -1.22. The molecule has 1 heterocycles. The highest BCUT2D eigenvalue weighted by Gasteiger charge is 2.22. The topological polar surface area (TPSA) is 84.2 Å². The van der Waals surface area contributed by atoms with E-state index in [1.54, 1.807) is 7.05 Å². The Morgan fingerprint density at radius 3 is 2.22 bits per heavy atom. The van der Waals surface area contributed by atoms with Gasteiger partial charge in [-0.2, -0.15) is 5.10 Å². The number of hydrogen-bond donors (Lipinski definition) is 2. The van der Waals surface area contributed by atoms with Crippen molar-refractivity contribution in [3.8, 4) is 0 Å². The Hall–Kier alpha value is -2.63. The minimum absolute atomic E-state index is 0.0781. The maximum absolute atomic E-state index is 12.3. The number of nitrogens with one attached hydrogen (secondary N) is 1. The van der Waals surface area contributed by atoms with Crippen molar-refractivity contribution in [2.75, 3.05) is 0 Å². The lowest BCUT2D eigenvalue weighted by atomic mass is 9.99. The second kappa shape index (κ2) is 6.64. The van der Waals surface area contributed by atoms with Gasteiger partial charge in [-0.15, -0.1) is 0 Å². The van der Waals surface area contributed by atoms with Crippen molar-refractivity contribution in [1.29, 1.82) is 0 Å². The maximum Gasteiger partial charge on any atom is 0.339 e. The average Bonchev–Trinajstić information content (AvgIpc) is 2.89. The third kappa shape index (κ3) is 3.77. The highest BCUT2D eigenvalue weighted by molar-refractivity contribution is 6.03. The summed E-state index contributed by atoms with van der Waals surface area (Å²) < 4.78 is 1.32. The Kier molecular flexibility index (Phi) is 4.83. The summed E-state index contributed by atoms with van der Waals surface area (Å²) in [6, 6.07) is 7.76. The number of carbonyl (C=O) groups is 2. The zero-order valence-corrected chi connectivity index (χ0v) is 13.7. The van der Waals surface area contributed by atoms with E-state index in [4.69, 9.17) is 5.11 Å². The Bertz CT molecular complexity index is 717. The van der Waals surface area contributed by atoms with Crippen molar-refractivity contribution in [3.05, 3.63) is 52.8 Å². The number of hydrogen-bond acceptors (Lipinski definition) is 3. The van der Waals surface area contributed by atoms with Gasteiger partial charge < -0.3 is 10.4 Å². The highest BCUT2D eigenvalue weighted by Crippen LogP contribution is 2.19. The molecule has 0 fully saturated rings. The first-order valence-corrected chi connectivity index (χ1v) is 7.47. The Labute approximate surface area is 135 Å². The number of carboxylic acid groups (broad SMARTS) is 1. The van der Waals surface area contributed by atoms with Crippen LogP contribution in [0.15, 0.2) is 30.5 Å². The highest BCUT2D eigenvalue weighted by atomic mass is 16.4. The molecule has 0 unspecified atom stereocenters. The molecule has 1 amide bonds. The summed E-state index contributed by atoms with van der Waals surface area (Å²) in [6.45, 7) is 6.09. The molecule has 0 aliphatic heterocycles. The van der Waals surface area contributed by atoms with Gasteiger partial charge in [0.05, 0.1) is 6.04 Å². The molecule has 0 saturated heterocycles. The molecule has 6 nitrogen and oxygen atoms in total. The summed E-state index contributed by atoms with van der Waals surface area (Å²) in [7, 11) is 1.58. The molecular weight excluding hydrogens is 294 g/mol. The summed E-state index contributed by atoms with van der Waals surface area (Å²) in [6.07, 6.45) is 1.32. The van der Waals surface area contributed by atoms with E-state index >= 15 is 0 Å².